The molecular formula is C13H15F2N3. The molecule has 0 fully saturated rings. The molecular weight excluding hydrogens is 236 g/mol. The third kappa shape index (κ3) is 2.56. The zero-order chi connectivity index (χ0) is 13.1. The van der Waals surface area contributed by atoms with Crippen LogP contribution < -0.4 is 5.32 Å². The molecule has 0 aliphatic carbocycles. The van der Waals surface area contributed by atoms with Crippen molar-refractivity contribution >= 4 is 0 Å². The summed E-state index contributed by atoms with van der Waals surface area (Å²) in [6.07, 6.45) is 3.35. The van der Waals surface area contributed by atoms with Gasteiger partial charge in [0.15, 0.2) is 0 Å². The lowest BCUT2D eigenvalue weighted by molar-refractivity contribution is 0.441. The minimum atomic E-state index is -0.540. The third-order valence-corrected chi connectivity index (χ3v) is 2.86. The molecule has 0 radical (unpaired) electrons. The van der Waals surface area contributed by atoms with Gasteiger partial charge >= 0.3 is 0 Å². The smallest absolute Gasteiger partial charge is 0.130 e. The van der Waals surface area contributed by atoms with Crippen LogP contribution in [0.5, 0.6) is 0 Å². The summed E-state index contributed by atoms with van der Waals surface area (Å²) in [6, 6.07) is 3.32. The van der Waals surface area contributed by atoms with E-state index in [4.69, 9.17) is 0 Å². The number of imidazole rings is 1. The summed E-state index contributed by atoms with van der Waals surface area (Å²) in [7, 11) is 0. The van der Waals surface area contributed by atoms with E-state index in [1.165, 1.54) is 18.2 Å². The number of hydrogen-bond acceptors (Lipinski definition) is 2. The molecule has 5 heteroatoms. The zero-order valence-electron chi connectivity index (χ0n) is 10.2. The van der Waals surface area contributed by atoms with Crippen molar-refractivity contribution in [1.29, 1.82) is 0 Å². The Morgan fingerprint density at radius 3 is 2.39 bits per heavy atom. The van der Waals surface area contributed by atoms with E-state index in [0.717, 1.165) is 5.82 Å². The molecule has 0 amide bonds. The molecule has 0 aliphatic heterocycles. The van der Waals surface area contributed by atoms with Crippen molar-refractivity contribution in [2.24, 2.45) is 0 Å². The Bertz CT molecular complexity index is 491. The van der Waals surface area contributed by atoms with Crippen LogP contribution >= 0.6 is 0 Å². The highest BCUT2D eigenvalue weighted by Crippen LogP contribution is 2.22. The SMILES string of the molecule is CC(NC(C)c1c(F)cccc1F)c1ncc[nH]1. The molecule has 96 valence electrons. The minimum absolute atomic E-state index is 0.0518. The first kappa shape index (κ1) is 12.7. The lowest BCUT2D eigenvalue weighted by Gasteiger charge is -2.19. The average molecular weight is 251 g/mol. The molecule has 0 aliphatic rings. The first-order valence-electron chi connectivity index (χ1n) is 5.79. The summed E-state index contributed by atoms with van der Waals surface area (Å²) < 4.78 is 27.2. The molecule has 2 unspecified atom stereocenters. The molecule has 2 aromatic rings. The Morgan fingerprint density at radius 1 is 1.17 bits per heavy atom. The van der Waals surface area contributed by atoms with Crippen LogP contribution in [-0.4, -0.2) is 9.97 Å². The van der Waals surface area contributed by atoms with E-state index in [1.54, 1.807) is 19.3 Å². The van der Waals surface area contributed by atoms with Gasteiger partial charge in [0.1, 0.15) is 17.5 Å². The summed E-state index contributed by atoms with van der Waals surface area (Å²) in [5, 5.41) is 3.11. The lowest BCUT2D eigenvalue weighted by Crippen LogP contribution is -2.24. The highest BCUT2D eigenvalue weighted by Gasteiger charge is 2.18. The van der Waals surface area contributed by atoms with E-state index in [0.29, 0.717) is 0 Å². The van der Waals surface area contributed by atoms with E-state index in [9.17, 15) is 8.78 Å². The monoisotopic (exact) mass is 251 g/mol. The van der Waals surface area contributed by atoms with Crippen LogP contribution in [0.1, 0.15) is 37.3 Å². The zero-order valence-corrected chi connectivity index (χ0v) is 10.2. The molecule has 0 bridgehead atoms. The topological polar surface area (TPSA) is 40.7 Å². The van der Waals surface area contributed by atoms with Crippen LogP contribution in [0, 0.1) is 11.6 Å². The van der Waals surface area contributed by atoms with Crippen LogP contribution in [0.2, 0.25) is 0 Å². The fraction of sp³-hybridized carbons (Fsp3) is 0.308. The molecule has 18 heavy (non-hydrogen) atoms. The summed E-state index contributed by atoms with van der Waals surface area (Å²) in [5.74, 6) is -0.345. The number of nitrogens with one attached hydrogen (secondary N) is 2. The van der Waals surface area contributed by atoms with Crippen LogP contribution in [0.25, 0.3) is 0 Å². The van der Waals surface area contributed by atoms with Crippen molar-refractivity contribution < 1.29 is 8.78 Å². The summed E-state index contributed by atoms with van der Waals surface area (Å²) in [6.45, 7) is 3.61. The predicted octanol–water partition coefficient (Wildman–Crippen LogP) is 3.10. The van der Waals surface area contributed by atoms with Gasteiger partial charge in [0.2, 0.25) is 0 Å². The molecule has 2 rings (SSSR count). The van der Waals surface area contributed by atoms with Crippen molar-refractivity contribution in [1.82, 2.24) is 15.3 Å². The van der Waals surface area contributed by atoms with Gasteiger partial charge in [-0.25, -0.2) is 13.8 Å². The first-order chi connectivity index (χ1) is 8.59. The highest BCUT2D eigenvalue weighted by atomic mass is 19.1. The van der Waals surface area contributed by atoms with Gasteiger partial charge in [-0.15, -0.1) is 0 Å². The Labute approximate surface area is 104 Å². The predicted molar refractivity (Wildman–Crippen MR) is 64.9 cm³/mol. The maximum Gasteiger partial charge on any atom is 0.130 e. The van der Waals surface area contributed by atoms with E-state index in [-0.39, 0.29) is 11.6 Å². The Hall–Kier alpha value is -1.75. The van der Waals surface area contributed by atoms with Crippen LogP contribution in [0.3, 0.4) is 0 Å². The number of nitrogens with zero attached hydrogens (tertiary/aromatic N) is 1. The quantitative estimate of drug-likeness (QED) is 0.876. The lowest BCUT2D eigenvalue weighted by atomic mass is 10.1. The van der Waals surface area contributed by atoms with Crippen molar-refractivity contribution in [3.63, 3.8) is 0 Å². The van der Waals surface area contributed by atoms with Gasteiger partial charge < -0.3 is 10.3 Å². The number of H-pyrrole nitrogens is 1. The molecule has 0 spiro atoms. The van der Waals surface area contributed by atoms with E-state index < -0.39 is 17.7 Å². The number of aromatic amines is 1. The van der Waals surface area contributed by atoms with Crippen molar-refractivity contribution in [2.45, 2.75) is 25.9 Å². The average Bonchev–Trinajstić information content (AvgIpc) is 2.81. The number of halogens is 2. The van der Waals surface area contributed by atoms with Crippen molar-refractivity contribution in [3.05, 3.63) is 53.6 Å². The number of hydrogen-bond donors (Lipinski definition) is 2. The van der Waals surface area contributed by atoms with Gasteiger partial charge in [0.25, 0.3) is 0 Å². The summed E-state index contributed by atoms with van der Waals surface area (Å²) in [4.78, 5) is 7.06. The van der Waals surface area contributed by atoms with Gasteiger partial charge in [0, 0.05) is 24.0 Å². The first-order valence-corrected chi connectivity index (χ1v) is 5.79. The molecule has 0 saturated carbocycles. The molecule has 1 aromatic carbocycles. The molecule has 2 atom stereocenters. The van der Waals surface area contributed by atoms with Crippen molar-refractivity contribution in [3.8, 4) is 0 Å². The van der Waals surface area contributed by atoms with E-state index in [1.807, 2.05) is 6.92 Å². The Balaban J connectivity index is 2.15. The van der Waals surface area contributed by atoms with Gasteiger partial charge in [0.05, 0.1) is 6.04 Å². The second-order valence-corrected chi connectivity index (χ2v) is 4.22. The van der Waals surface area contributed by atoms with Gasteiger partial charge in [-0.3, -0.25) is 0 Å². The largest absolute Gasteiger partial charge is 0.347 e. The highest BCUT2D eigenvalue weighted by molar-refractivity contribution is 5.23. The fourth-order valence-corrected chi connectivity index (χ4v) is 1.98. The second-order valence-electron chi connectivity index (χ2n) is 4.22. The minimum Gasteiger partial charge on any atom is -0.347 e. The standard InChI is InChI=1S/C13H15F2N3/c1-8(12-10(14)4-3-5-11(12)15)18-9(2)13-16-6-7-17-13/h3-9,18H,1-2H3,(H,16,17). The van der Waals surface area contributed by atoms with Gasteiger partial charge in [-0.2, -0.15) is 0 Å². The van der Waals surface area contributed by atoms with Gasteiger partial charge in [-0.1, -0.05) is 6.07 Å². The van der Waals surface area contributed by atoms with Crippen LogP contribution in [-0.2, 0) is 0 Å². The second kappa shape index (κ2) is 5.27. The fourth-order valence-electron chi connectivity index (χ4n) is 1.98. The Kier molecular flexibility index (Phi) is 3.72. The maximum absolute atomic E-state index is 13.6. The van der Waals surface area contributed by atoms with Crippen LogP contribution in [0.4, 0.5) is 8.78 Å². The van der Waals surface area contributed by atoms with Crippen LogP contribution in [0.15, 0.2) is 30.6 Å². The van der Waals surface area contributed by atoms with E-state index in [2.05, 4.69) is 15.3 Å². The number of aromatic nitrogens is 2. The normalized spacial score (nSPS) is 14.4. The Morgan fingerprint density at radius 2 is 1.83 bits per heavy atom. The maximum atomic E-state index is 13.6. The van der Waals surface area contributed by atoms with Crippen molar-refractivity contribution in [2.75, 3.05) is 0 Å². The third-order valence-electron chi connectivity index (χ3n) is 2.86. The summed E-state index contributed by atoms with van der Waals surface area (Å²) in [5.41, 5.74) is 0.0518. The molecule has 1 aromatic heterocycles. The van der Waals surface area contributed by atoms with E-state index >= 15 is 0 Å². The molecule has 3 nitrogen and oxygen atoms in total. The number of rotatable bonds is 4. The molecule has 0 saturated heterocycles. The summed E-state index contributed by atoms with van der Waals surface area (Å²) >= 11 is 0. The molecule has 1 heterocycles. The number of benzene rings is 1. The molecule has 2 N–H and O–H groups in total. The van der Waals surface area contributed by atoms with Gasteiger partial charge in [-0.05, 0) is 26.0 Å².